The molecule has 0 bridgehead atoms. The molecule has 0 saturated carbocycles. The maximum atomic E-state index is 11.4. The van der Waals surface area contributed by atoms with E-state index in [0.29, 0.717) is 28.5 Å². The fourth-order valence-electron chi connectivity index (χ4n) is 1.80. The molecule has 0 aliphatic rings. The van der Waals surface area contributed by atoms with E-state index >= 15 is 0 Å². The van der Waals surface area contributed by atoms with Crippen LogP contribution in [0, 0.1) is 0 Å². The molecule has 0 atom stereocenters. The van der Waals surface area contributed by atoms with Crippen LogP contribution in [-0.2, 0) is 6.54 Å². The predicted octanol–water partition coefficient (Wildman–Crippen LogP) is 2.63. The number of nitrogen functional groups attached to an aromatic ring is 1. The Bertz CT molecular complexity index is 613. The van der Waals surface area contributed by atoms with Crippen LogP contribution in [0.2, 0.25) is 5.02 Å². The van der Waals surface area contributed by atoms with E-state index in [4.69, 9.17) is 23.1 Å². The number of rotatable bonds is 4. The molecule has 0 saturated heterocycles. The molecule has 1 amide bonds. The van der Waals surface area contributed by atoms with E-state index < -0.39 is 5.91 Å². The van der Waals surface area contributed by atoms with Crippen molar-refractivity contribution in [3.63, 3.8) is 0 Å². The highest BCUT2D eigenvalue weighted by atomic mass is 35.5. The summed E-state index contributed by atoms with van der Waals surface area (Å²) >= 11 is 6.07. The molecule has 0 aromatic heterocycles. The second kappa shape index (κ2) is 5.63. The van der Waals surface area contributed by atoms with Crippen molar-refractivity contribution in [1.82, 2.24) is 0 Å². The Morgan fingerprint density at radius 2 is 1.89 bits per heavy atom. The number of nitrogens with two attached hydrogens (primary N) is 2. The summed E-state index contributed by atoms with van der Waals surface area (Å²) in [7, 11) is 0. The molecule has 5 N–H and O–H groups in total. The van der Waals surface area contributed by atoms with Gasteiger partial charge >= 0.3 is 0 Å². The zero-order valence-corrected chi connectivity index (χ0v) is 10.9. The number of benzene rings is 2. The van der Waals surface area contributed by atoms with Gasteiger partial charge in [-0.25, -0.2) is 0 Å². The first-order valence-corrected chi connectivity index (χ1v) is 6.13. The van der Waals surface area contributed by atoms with Crippen LogP contribution in [0.1, 0.15) is 15.9 Å². The average molecular weight is 276 g/mol. The summed E-state index contributed by atoms with van der Waals surface area (Å²) in [6, 6.07) is 12.5. The minimum atomic E-state index is -0.519. The summed E-state index contributed by atoms with van der Waals surface area (Å²) in [4.78, 5) is 11.4. The molecule has 5 heteroatoms. The fraction of sp³-hybridized carbons (Fsp3) is 0.0714. The van der Waals surface area contributed by atoms with E-state index in [1.807, 2.05) is 24.3 Å². The quantitative estimate of drug-likeness (QED) is 0.750. The van der Waals surface area contributed by atoms with Crippen LogP contribution in [0.25, 0.3) is 0 Å². The van der Waals surface area contributed by atoms with Crippen molar-refractivity contribution in [2.24, 2.45) is 5.73 Å². The lowest BCUT2D eigenvalue weighted by Crippen LogP contribution is -2.15. The van der Waals surface area contributed by atoms with E-state index in [-0.39, 0.29) is 0 Å². The molecule has 0 radical (unpaired) electrons. The molecule has 0 spiro atoms. The number of carbonyl (C=O) groups is 1. The van der Waals surface area contributed by atoms with E-state index in [9.17, 15) is 4.79 Å². The van der Waals surface area contributed by atoms with Gasteiger partial charge in [-0.15, -0.1) is 0 Å². The largest absolute Gasteiger partial charge is 0.397 e. The number of carbonyl (C=O) groups excluding carboxylic acids is 1. The Morgan fingerprint density at radius 3 is 2.58 bits per heavy atom. The third-order valence-electron chi connectivity index (χ3n) is 2.78. The third kappa shape index (κ3) is 2.98. The minimum Gasteiger partial charge on any atom is -0.397 e. The van der Waals surface area contributed by atoms with Gasteiger partial charge in [-0.3, -0.25) is 4.79 Å². The maximum Gasteiger partial charge on any atom is 0.250 e. The predicted molar refractivity (Wildman–Crippen MR) is 78.2 cm³/mol. The molecule has 2 rings (SSSR count). The molecule has 2 aromatic rings. The van der Waals surface area contributed by atoms with Crippen LogP contribution >= 0.6 is 11.6 Å². The standard InChI is InChI=1S/C14H14ClN3O/c15-11-6-2-1-4-9(11)8-18-13-10(14(17)19)5-3-7-12(13)16/h1-7,18H,8,16H2,(H2,17,19). The lowest BCUT2D eigenvalue weighted by Gasteiger charge is -2.13. The van der Waals surface area contributed by atoms with Gasteiger partial charge in [-0.1, -0.05) is 35.9 Å². The summed E-state index contributed by atoms with van der Waals surface area (Å²) in [5, 5.41) is 3.77. The Balaban J connectivity index is 2.25. The first-order valence-electron chi connectivity index (χ1n) is 5.75. The Labute approximate surface area is 116 Å². The molecule has 19 heavy (non-hydrogen) atoms. The van der Waals surface area contributed by atoms with Gasteiger partial charge in [0.15, 0.2) is 0 Å². The third-order valence-corrected chi connectivity index (χ3v) is 3.14. The SMILES string of the molecule is NC(=O)c1cccc(N)c1NCc1ccccc1Cl. The molecule has 0 unspecified atom stereocenters. The number of amides is 1. The monoisotopic (exact) mass is 275 g/mol. The van der Waals surface area contributed by atoms with Gasteiger partial charge in [-0.05, 0) is 23.8 Å². The van der Waals surface area contributed by atoms with Crippen LogP contribution in [0.5, 0.6) is 0 Å². The molecular formula is C14H14ClN3O. The van der Waals surface area contributed by atoms with Crippen LogP contribution in [0.4, 0.5) is 11.4 Å². The van der Waals surface area contributed by atoms with Crippen molar-refractivity contribution in [2.45, 2.75) is 6.54 Å². The Hall–Kier alpha value is -2.20. The fourth-order valence-corrected chi connectivity index (χ4v) is 2.00. The van der Waals surface area contributed by atoms with Crippen molar-refractivity contribution in [2.75, 3.05) is 11.1 Å². The van der Waals surface area contributed by atoms with Crippen LogP contribution in [0.15, 0.2) is 42.5 Å². The highest BCUT2D eigenvalue weighted by Gasteiger charge is 2.11. The minimum absolute atomic E-state index is 0.368. The molecule has 0 aliphatic heterocycles. The van der Waals surface area contributed by atoms with Crippen LogP contribution in [-0.4, -0.2) is 5.91 Å². The molecule has 4 nitrogen and oxygen atoms in total. The van der Waals surface area contributed by atoms with Crippen molar-refractivity contribution in [3.8, 4) is 0 Å². The summed E-state index contributed by atoms with van der Waals surface area (Å²) in [6.07, 6.45) is 0. The average Bonchev–Trinajstić information content (AvgIpc) is 2.38. The number of anilines is 2. The van der Waals surface area contributed by atoms with Crippen molar-refractivity contribution in [1.29, 1.82) is 0 Å². The second-order valence-electron chi connectivity index (χ2n) is 4.08. The van der Waals surface area contributed by atoms with Crippen LogP contribution in [0.3, 0.4) is 0 Å². The van der Waals surface area contributed by atoms with Gasteiger partial charge in [-0.2, -0.15) is 0 Å². The van der Waals surface area contributed by atoms with Gasteiger partial charge < -0.3 is 16.8 Å². The van der Waals surface area contributed by atoms with E-state index in [1.54, 1.807) is 18.2 Å². The Kier molecular flexibility index (Phi) is 3.92. The van der Waals surface area contributed by atoms with Gasteiger partial charge in [0, 0.05) is 11.6 Å². The molecule has 0 heterocycles. The van der Waals surface area contributed by atoms with Gasteiger partial charge in [0.25, 0.3) is 5.91 Å². The number of nitrogens with one attached hydrogen (secondary N) is 1. The smallest absolute Gasteiger partial charge is 0.250 e. The van der Waals surface area contributed by atoms with Gasteiger partial charge in [0.1, 0.15) is 0 Å². The number of primary amides is 1. The summed E-state index contributed by atoms with van der Waals surface area (Å²) in [5.74, 6) is -0.519. The lowest BCUT2D eigenvalue weighted by molar-refractivity contribution is 0.100. The topological polar surface area (TPSA) is 81.1 Å². The maximum absolute atomic E-state index is 11.4. The Morgan fingerprint density at radius 1 is 1.16 bits per heavy atom. The van der Waals surface area contributed by atoms with Crippen molar-refractivity contribution in [3.05, 3.63) is 58.6 Å². The highest BCUT2D eigenvalue weighted by molar-refractivity contribution is 6.31. The second-order valence-corrected chi connectivity index (χ2v) is 4.49. The molecule has 0 aliphatic carbocycles. The zero-order chi connectivity index (χ0) is 13.8. The number of hydrogen-bond acceptors (Lipinski definition) is 3. The molecular weight excluding hydrogens is 262 g/mol. The van der Waals surface area contributed by atoms with Gasteiger partial charge in [0.2, 0.25) is 0 Å². The van der Waals surface area contributed by atoms with E-state index in [1.165, 1.54) is 0 Å². The lowest BCUT2D eigenvalue weighted by atomic mass is 10.1. The van der Waals surface area contributed by atoms with E-state index in [2.05, 4.69) is 5.32 Å². The highest BCUT2D eigenvalue weighted by Crippen LogP contribution is 2.25. The molecule has 2 aromatic carbocycles. The zero-order valence-electron chi connectivity index (χ0n) is 10.2. The van der Waals surface area contributed by atoms with E-state index in [0.717, 1.165) is 5.56 Å². The normalized spacial score (nSPS) is 10.2. The van der Waals surface area contributed by atoms with Crippen molar-refractivity contribution < 1.29 is 4.79 Å². The van der Waals surface area contributed by atoms with Crippen molar-refractivity contribution >= 4 is 28.9 Å². The molecule has 0 fully saturated rings. The number of halogens is 1. The first kappa shape index (κ1) is 13.2. The summed E-state index contributed by atoms with van der Waals surface area (Å²) in [5.41, 5.74) is 13.5. The summed E-state index contributed by atoms with van der Waals surface area (Å²) in [6.45, 7) is 0.466. The summed E-state index contributed by atoms with van der Waals surface area (Å²) < 4.78 is 0. The van der Waals surface area contributed by atoms with Gasteiger partial charge in [0.05, 0.1) is 16.9 Å². The number of para-hydroxylation sites is 1. The molecule has 98 valence electrons. The number of hydrogen-bond donors (Lipinski definition) is 3. The van der Waals surface area contributed by atoms with Crippen LogP contribution < -0.4 is 16.8 Å². The first-order chi connectivity index (χ1) is 9.09.